The number of halogens is 3. The summed E-state index contributed by atoms with van der Waals surface area (Å²) in [5, 5.41) is 8.07. The van der Waals surface area contributed by atoms with E-state index >= 15 is 0 Å². The second-order valence-corrected chi connectivity index (χ2v) is 6.47. The molecule has 0 saturated heterocycles. The Bertz CT molecular complexity index is 801. The van der Waals surface area contributed by atoms with Crippen molar-refractivity contribution in [3.05, 3.63) is 35.0 Å². The number of alkyl halides is 3. The van der Waals surface area contributed by atoms with E-state index < -0.39 is 11.9 Å². The normalized spacial score (nSPS) is 12.0. The maximum atomic E-state index is 13.1. The zero-order valence-electron chi connectivity index (χ0n) is 10.5. The molecule has 0 radical (unpaired) electrons. The lowest BCUT2D eigenvalue weighted by atomic mass is 10.3. The third-order valence-corrected chi connectivity index (χ3v) is 4.37. The van der Waals surface area contributed by atoms with Gasteiger partial charge in [-0.1, -0.05) is 23.5 Å². The minimum Gasteiger partial charge on any atom is -0.239 e. The van der Waals surface area contributed by atoms with Crippen LogP contribution < -0.4 is 0 Å². The predicted octanol–water partition coefficient (Wildman–Crippen LogP) is 3.96. The molecular weight excluding hydrogens is 321 g/mol. The summed E-state index contributed by atoms with van der Waals surface area (Å²) in [6.45, 7) is 1.73. The molecule has 2 heterocycles. The van der Waals surface area contributed by atoms with Gasteiger partial charge in [0.05, 0.1) is 11.0 Å². The lowest BCUT2D eigenvalue weighted by Crippen LogP contribution is -2.11. The number of hydrogen-bond acceptors (Lipinski definition) is 6. The second kappa shape index (κ2) is 5.23. The molecule has 0 aliphatic rings. The average Bonchev–Trinajstić information content (AvgIpc) is 2.82. The summed E-state index contributed by atoms with van der Waals surface area (Å²) >= 11 is 2.04. The van der Waals surface area contributed by atoms with Crippen LogP contribution in [-0.4, -0.2) is 20.2 Å². The molecule has 3 rings (SSSR count). The summed E-state index contributed by atoms with van der Waals surface area (Å²) in [5.41, 5.74) is -0.379. The van der Waals surface area contributed by atoms with Crippen molar-refractivity contribution in [3.8, 4) is 0 Å². The van der Waals surface area contributed by atoms with Gasteiger partial charge in [-0.25, -0.2) is 9.97 Å². The smallest absolute Gasteiger partial charge is 0.239 e. The summed E-state index contributed by atoms with van der Waals surface area (Å²) in [5.74, 6) is 0. The number of fused-ring (bicyclic) bond motifs is 1. The van der Waals surface area contributed by atoms with E-state index in [-0.39, 0.29) is 10.5 Å². The quantitative estimate of drug-likeness (QED) is 0.713. The van der Waals surface area contributed by atoms with Gasteiger partial charge in [-0.05, 0) is 30.8 Å². The summed E-state index contributed by atoms with van der Waals surface area (Å²) in [6, 6.07) is 6.45. The van der Waals surface area contributed by atoms with Crippen LogP contribution in [0.2, 0.25) is 0 Å². The van der Waals surface area contributed by atoms with Gasteiger partial charge in [0.15, 0.2) is 10.0 Å². The molecule has 2 aromatic heterocycles. The third-order valence-electron chi connectivity index (χ3n) is 2.50. The fourth-order valence-electron chi connectivity index (χ4n) is 1.64. The minimum atomic E-state index is -4.57. The van der Waals surface area contributed by atoms with E-state index in [1.165, 1.54) is 17.4 Å². The van der Waals surface area contributed by atoms with Crippen LogP contribution in [0.5, 0.6) is 0 Å². The van der Waals surface area contributed by atoms with Crippen molar-refractivity contribution < 1.29 is 13.2 Å². The van der Waals surface area contributed by atoms with Crippen molar-refractivity contribution in [3.63, 3.8) is 0 Å². The van der Waals surface area contributed by atoms with Crippen molar-refractivity contribution in [2.75, 3.05) is 0 Å². The van der Waals surface area contributed by atoms with Crippen LogP contribution in [0.1, 0.15) is 10.7 Å². The van der Waals surface area contributed by atoms with E-state index in [2.05, 4.69) is 20.2 Å². The number of rotatable bonds is 2. The molecule has 0 spiro atoms. The largest absolute Gasteiger partial charge is 0.436 e. The van der Waals surface area contributed by atoms with E-state index in [1.807, 2.05) is 0 Å². The van der Waals surface area contributed by atoms with Gasteiger partial charge in [0.1, 0.15) is 10.0 Å². The number of aromatic nitrogens is 4. The molecule has 0 amide bonds. The first-order valence-electron chi connectivity index (χ1n) is 5.75. The van der Waals surface area contributed by atoms with E-state index in [9.17, 15) is 13.2 Å². The van der Waals surface area contributed by atoms with E-state index in [4.69, 9.17) is 0 Å². The third kappa shape index (κ3) is 2.98. The molecule has 21 heavy (non-hydrogen) atoms. The zero-order valence-corrected chi connectivity index (χ0v) is 12.2. The summed E-state index contributed by atoms with van der Waals surface area (Å²) < 4.78 is 39.8. The first-order valence-corrected chi connectivity index (χ1v) is 7.39. The first kappa shape index (κ1) is 14.2. The second-order valence-electron chi connectivity index (χ2n) is 4.05. The minimum absolute atomic E-state index is 0.211. The van der Waals surface area contributed by atoms with Crippen molar-refractivity contribution in [2.24, 2.45) is 0 Å². The molecule has 0 aliphatic heterocycles. The van der Waals surface area contributed by atoms with E-state index in [1.54, 1.807) is 25.1 Å². The van der Waals surface area contributed by atoms with Crippen molar-refractivity contribution >= 4 is 34.1 Å². The number of para-hydroxylation sites is 2. The zero-order chi connectivity index (χ0) is 15.0. The fourth-order valence-corrected chi connectivity index (χ4v) is 3.47. The van der Waals surface area contributed by atoms with Crippen LogP contribution >= 0.6 is 23.1 Å². The van der Waals surface area contributed by atoms with Crippen LogP contribution in [0.3, 0.4) is 0 Å². The maximum absolute atomic E-state index is 13.1. The Labute approximate surface area is 125 Å². The molecule has 3 aromatic rings. The summed E-state index contributed by atoms with van der Waals surface area (Å²) in [7, 11) is 0. The highest BCUT2D eigenvalue weighted by molar-refractivity contribution is 8.01. The molecule has 0 bridgehead atoms. The van der Waals surface area contributed by atoms with Gasteiger partial charge >= 0.3 is 6.18 Å². The van der Waals surface area contributed by atoms with Crippen LogP contribution in [0.25, 0.3) is 11.0 Å². The van der Waals surface area contributed by atoms with Gasteiger partial charge in [0.2, 0.25) is 0 Å². The molecule has 0 saturated carbocycles. The average molecular weight is 328 g/mol. The molecule has 4 nitrogen and oxygen atoms in total. The highest BCUT2D eigenvalue weighted by Gasteiger charge is 2.37. The van der Waals surface area contributed by atoms with Crippen LogP contribution in [0.15, 0.2) is 33.6 Å². The molecular formula is C12H7F3N4S2. The van der Waals surface area contributed by atoms with Gasteiger partial charge in [-0.2, -0.15) is 13.2 Å². The SMILES string of the molecule is Cc1nnc(Sc2nc3ccccc3nc2C(F)(F)F)s1. The monoisotopic (exact) mass is 328 g/mol. The number of aryl methyl sites for hydroxylation is 1. The highest BCUT2D eigenvalue weighted by atomic mass is 32.2. The fraction of sp³-hybridized carbons (Fsp3) is 0.167. The Hall–Kier alpha value is -1.74. The Morgan fingerprint density at radius 3 is 2.29 bits per heavy atom. The molecule has 9 heteroatoms. The topological polar surface area (TPSA) is 51.6 Å². The number of nitrogens with zero attached hydrogens (tertiary/aromatic N) is 4. The van der Waals surface area contributed by atoms with Crippen molar-refractivity contribution in [1.29, 1.82) is 0 Å². The number of benzene rings is 1. The molecule has 0 fully saturated rings. The molecule has 1 aromatic carbocycles. The van der Waals surface area contributed by atoms with Gasteiger partial charge in [-0.3, -0.25) is 0 Å². The maximum Gasteiger partial charge on any atom is 0.436 e. The standard InChI is InChI=1S/C12H7F3N4S2/c1-6-18-19-11(20-6)21-10-9(12(13,14)15)16-7-4-2-3-5-8(7)17-10/h2-5H,1H3. The van der Waals surface area contributed by atoms with Crippen molar-refractivity contribution in [1.82, 2.24) is 20.2 Å². The summed E-state index contributed by atoms with van der Waals surface area (Å²) in [6.07, 6.45) is -4.57. The van der Waals surface area contributed by atoms with Crippen LogP contribution in [-0.2, 0) is 6.18 Å². The van der Waals surface area contributed by atoms with Gasteiger partial charge in [-0.15, -0.1) is 10.2 Å². The molecule has 0 unspecified atom stereocenters. The molecule has 0 atom stereocenters. The Morgan fingerprint density at radius 2 is 1.71 bits per heavy atom. The predicted molar refractivity (Wildman–Crippen MR) is 73.3 cm³/mol. The Morgan fingerprint density at radius 1 is 1.05 bits per heavy atom. The highest BCUT2D eigenvalue weighted by Crippen LogP contribution is 2.38. The molecule has 108 valence electrons. The molecule has 0 N–H and O–H groups in total. The lowest BCUT2D eigenvalue weighted by Gasteiger charge is -2.10. The van der Waals surface area contributed by atoms with Gasteiger partial charge in [0.25, 0.3) is 0 Å². The van der Waals surface area contributed by atoms with Crippen LogP contribution in [0.4, 0.5) is 13.2 Å². The van der Waals surface area contributed by atoms with E-state index in [0.717, 1.165) is 11.8 Å². The Kier molecular flexibility index (Phi) is 3.54. The number of hydrogen-bond donors (Lipinski definition) is 0. The Balaban J connectivity index is 2.14. The van der Waals surface area contributed by atoms with Crippen LogP contribution in [0, 0.1) is 6.92 Å². The summed E-state index contributed by atoms with van der Waals surface area (Å²) in [4.78, 5) is 7.76. The molecule has 0 aliphatic carbocycles. The first-order chi connectivity index (χ1) is 9.93. The van der Waals surface area contributed by atoms with Gasteiger partial charge < -0.3 is 0 Å². The van der Waals surface area contributed by atoms with E-state index in [0.29, 0.717) is 14.9 Å². The van der Waals surface area contributed by atoms with Gasteiger partial charge in [0, 0.05) is 0 Å². The lowest BCUT2D eigenvalue weighted by molar-refractivity contribution is -0.143. The van der Waals surface area contributed by atoms with Crippen molar-refractivity contribution in [2.45, 2.75) is 22.5 Å².